The summed E-state index contributed by atoms with van der Waals surface area (Å²) in [7, 11) is 0. The maximum Gasteiger partial charge on any atom is 0.336 e. The molecule has 0 amide bonds. The average molecular weight is 371 g/mol. The van der Waals surface area contributed by atoms with Gasteiger partial charge in [0.05, 0.1) is 0 Å². The van der Waals surface area contributed by atoms with Crippen LogP contribution in [0.15, 0.2) is 69.9 Å². The van der Waals surface area contributed by atoms with Gasteiger partial charge in [-0.15, -0.1) is 14.8 Å². The van der Waals surface area contributed by atoms with Gasteiger partial charge in [0.15, 0.2) is 5.65 Å². The molecule has 0 spiro atoms. The van der Waals surface area contributed by atoms with Crippen molar-refractivity contribution >= 4 is 16.6 Å². The van der Waals surface area contributed by atoms with Crippen LogP contribution in [0.5, 0.6) is 11.6 Å². The lowest BCUT2D eigenvalue weighted by molar-refractivity contribution is 0.442. The molecule has 0 aliphatic carbocycles. The van der Waals surface area contributed by atoms with Crippen molar-refractivity contribution in [1.82, 2.24) is 25.3 Å². The van der Waals surface area contributed by atoms with Gasteiger partial charge in [0.25, 0.3) is 0 Å². The van der Waals surface area contributed by atoms with Gasteiger partial charge in [-0.05, 0) is 46.7 Å². The number of tetrazole rings is 1. The fourth-order valence-corrected chi connectivity index (χ4v) is 3.11. The highest BCUT2D eigenvalue weighted by Gasteiger charge is 2.14. The molecule has 8 nitrogen and oxygen atoms in total. The Labute approximate surface area is 158 Å². The minimum atomic E-state index is -0.417. The van der Waals surface area contributed by atoms with Crippen LogP contribution < -0.4 is 10.4 Å². The molecule has 5 aromatic rings. The van der Waals surface area contributed by atoms with E-state index in [0.717, 1.165) is 16.5 Å². The van der Waals surface area contributed by atoms with E-state index in [1.807, 2.05) is 49.4 Å². The number of rotatable bonds is 3. The second-order valence-electron chi connectivity index (χ2n) is 6.21. The second kappa shape index (κ2) is 6.27. The Balaban J connectivity index is 1.63. The first kappa shape index (κ1) is 16.1. The molecular weight excluding hydrogens is 358 g/mol. The summed E-state index contributed by atoms with van der Waals surface area (Å²) in [5, 5.41) is 16.1. The Morgan fingerprint density at radius 1 is 1.04 bits per heavy atom. The van der Waals surface area contributed by atoms with E-state index in [0.29, 0.717) is 28.4 Å². The third-order valence-corrected chi connectivity index (χ3v) is 4.46. The van der Waals surface area contributed by atoms with Gasteiger partial charge < -0.3 is 9.15 Å². The predicted octanol–water partition coefficient (Wildman–Crippen LogP) is 3.39. The molecule has 0 aliphatic heterocycles. The van der Waals surface area contributed by atoms with Gasteiger partial charge in [-0.3, -0.25) is 0 Å². The van der Waals surface area contributed by atoms with Crippen LogP contribution in [-0.4, -0.2) is 25.3 Å². The molecule has 0 bridgehead atoms. The van der Waals surface area contributed by atoms with Crippen LogP contribution in [0.2, 0.25) is 0 Å². The van der Waals surface area contributed by atoms with Crippen molar-refractivity contribution in [2.24, 2.45) is 0 Å². The van der Waals surface area contributed by atoms with Crippen molar-refractivity contribution in [1.29, 1.82) is 0 Å². The summed E-state index contributed by atoms with van der Waals surface area (Å²) in [6.07, 6.45) is 0. The lowest BCUT2D eigenvalue weighted by Crippen LogP contribution is -2.01. The van der Waals surface area contributed by atoms with Gasteiger partial charge in [0.1, 0.15) is 11.3 Å². The first-order valence-electron chi connectivity index (χ1n) is 8.55. The van der Waals surface area contributed by atoms with E-state index in [2.05, 4.69) is 20.6 Å². The molecule has 0 unspecified atom stereocenters. The lowest BCUT2D eigenvalue weighted by atomic mass is 10.0. The third kappa shape index (κ3) is 2.67. The quantitative estimate of drug-likeness (QED) is 0.449. The van der Waals surface area contributed by atoms with Crippen molar-refractivity contribution in [2.45, 2.75) is 6.92 Å². The van der Waals surface area contributed by atoms with E-state index < -0.39 is 5.63 Å². The average Bonchev–Trinajstić information content (AvgIpc) is 3.18. The van der Waals surface area contributed by atoms with Crippen LogP contribution >= 0.6 is 0 Å². The number of benzene rings is 2. The fraction of sp³-hybridized carbons (Fsp3) is 0.0500. The maximum atomic E-state index is 12.2. The Hall–Kier alpha value is -4.07. The van der Waals surface area contributed by atoms with Crippen molar-refractivity contribution in [3.8, 4) is 22.8 Å². The van der Waals surface area contributed by atoms with Gasteiger partial charge in [-0.1, -0.05) is 30.3 Å². The SMILES string of the molecule is Cc1c(Oc2ccc3nnnn3n2)ccc2c(-c3ccccc3)cc(=O)oc12. The molecule has 0 saturated carbocycles. The number of nitrogens with zero attached hydrogens (tertiary/aromatic N) is 5. The molecule has 28 heavy (non-hydrogen) atoms. The van der Waals surface area contributed by atoms with E-state index >= 15 is 0 Å². The van der Waals surface area contributed by atoms with E-state index in [-0.39, 0.29) is 0 Å². The van der Waals surface area contributed by atoms with Crippen LogP contribution in [-0.2, 0) is 0 Å². The zero-order valence-corrected chi connectivity index (χ0v) is 14.7. The summed E-state index contributed by atoms with van der Waals surface area (Å²) >= 11 is 0. The van der Waals surface area contributed by atoms with Gasteiger partial charge in [-0.25, -0.2) is 4.79 Å². The summed E-state index contributed by atoms with van der Waals surface area (Å²) in [6, 6.07) is 18.3. The second-order valence-corrected chi connectivity index (χ2v) is 6.21. The van der Waals surface area contributed by atoms with Gasteiger partial charge >= 0.3 is 5.63 Å². The highest BCUT2D eigenvalue weighted by atomic mass is 16.5. The smallest absolute Gasteiger partial charge is 0.336 e. The van der Waals surface area contributed by atoms with Crippen LogP contribution in [0.25, 0.3) is 27.7 Å². The molecule has 0 N–H and O–H groups in total. The van der Waals surface area contributed by atoms with Crippen molar-refractivity contribution in [2.75, 3.05) is 0 Å². The molecule has 8 heteroatoms. The monoisotopic (exact) mass is 371 g/mol. The van der Waals surface area contributed by atoms with Gasteiger partial charge in [-0.2, -0.15) is 0 Å². The summed E-state index contributed by atoms with van der Waals surface area (Å²) < 4.78 is 12.7. The Morgan fingerprint density at radius 3 is 2.75 bits per heavy atom. The van der Waals surface area contributed by atoms with Gasteiger partial charge in [0.2, 0.25) is 5.88 Å². The molecule has 136 valence electrons. The highest BCUT2D eigenvalue weighted by molar-refractivity contribution is 5.95. The first-order valence-corrected chi connectivity index (χ1v) is 8.55. The molecule has 0 saturated heterocycles. The van der Waals surface area contributed by atoms with E-state index in [1.54, 1.807) is 12.1 Å². The molecule has 3 heterocycles. The largest absolute Gasteiger partial charge is 0.437 e. The Morgan fingerprint density at radius 2 is 1.89 bits per heavy atom. The zero-order chi connectivity index (χ0) is 19.1. The lowest BCUT2D eigenvalue weighted by Gasteiger charge is -2.11. The Kier molecular flexibility index (Phi) is 3.61. The van der Waals surface area contributed by atoms with Crippen molar-refractivity contribution in [3.63, 3.8) is 0 Å². The van der Waals surface area contributed by atoms with Crippen LogP contribution in [0, 0.1) is 6.92 Å². The highest BCUT2D eigenvalue weighted by Crippen LogP contribution is 2.34. The first-order chi connectivity index (χ1) is 13.7. The minimum Gasteiger partial charge on any atom is -0.437 e. The number of fused-ring (bicyclic) bond motifs is 2. The fourth-order valence-electron chi connectivity index (χ4n) is 3.11. The molecule has 0 fully saturated rings. The summed E-state index contributed by atoms with van der Waals surface area (Å²) in [5.41, 5.74) is 3.04. The zero-order valence-electron chi connectivity index (χ0n) is 14.7. The molecular formula is C20H13N5O3. The summed E-state index contributed by atoms with van der Waals surface area (Å²) in [5.74, 6) is 0.851. The molecule has 5 rings (SSSR count). The number of hydrogen-bond acceptors (Lipinski definition) is 7. The van der Waals surface area contributed by atoms with Crippen LogP contribution in [0.3, 0.4) is 0 Å². The molecule has 2 aromatic carbocycles. The predicted molar refractivity (Wildman–Crippen MR) is 101 cm³/mol. The molecule has 0 atom stereocenters. The number of aryl methyl sites for hydroxylation is 1. The maximum absolute atomic E-state index is 12.2. The third-order valence-electron chi connectivity index (χ3n) is 4.46. The van der Waals surface area contributed by atoms with E-state index in [4.69, 9.17) is 9.15 Å². The van der Waals surface area contributed by atoms with E-state index in [1.165, 1.54) is 10.7 Å². The normalized spacial score (nSPS) is 11.2. The number of aromatic nitrogens is 5. The summed E-state index contributed by atoms with van der Waals surface area (Å²) in [6.45, 7) is 1.84. The van der Waals surface area contributed by atoms with Crippen LogP contribution in [0.4, 0.5) is 0 Å². The minimum absolute atomic E-state index is 0.323. The molecule has 0 aliphatic rings. The number of ether oxygens (including phenoxy) is 1. The van der Waals surface area contributed by atoms with Crippen molar-refractivity contribution < 1.29 is 9.15 Å². The summed E-state index contributed by atoms with van der Waals surface area (Å²) in [4.78, 5) is 12.2. The van der Waals surface area contributed by atoms with E-state index in [9.17, 15) is 4.79 Å². The topological polar surface area (TPSA) is 95.4 Å². The Bertz CT molecular complexity index is 1380. The standard InChI is InChI=1S/C20H13N5O3/c1-12-16(27-18-10-9-17-21-23-24-25(17)22-18)8-7-14-15(11-19(26)28-20(12)14)13-5-3-2-4-6-13/h2-11H,1H3. The molecule has 3 aromatic heterocycles. The molecule has 0 radical (unpaired) electrons. The van der Waals surface area contributed by atoms with Crippen molar-refractivity contribution in [3.05, 3.63) is 76.6 Å². The number of hydrogen-bond donors (Lipinski definition) is 0. The van der Waals surface area contributed by atoms with Gasteiger partial charge in [0, 0.05) is 23.1 Å². The van der Waals surface area contributed by atoms with Crippen LogP contribution in [0.1, 0.15) is 5.56 Å².